The van der Waals surface area contributed by atoms with Gasteiger partial charge in [0.2, 0.25) is 5.91 Å². The molecule has 4 nitrogen and oxygen atoms in total. The number of thioether (sulfide) groups is 1. The summed E-state index contributed by atoms with van der Waals surface area (Å²) in [4.78, 5) is 11.6. The van der Waals surface area contributed by atoms with Crippen LogP contribution in [0.5, 0.6) is 0 Å². The van der Waals surface area contributed by atoms with Gasteiger partial charge >= 0.3 is 0 Å². The summed E-state index contributed by atoms with van der Waals surface area (Å²) in [5.74, 6) is 0.920. The zero-order chi connectivity index (χ0) is 11.8. The van der Waals surface area contributed by atoms with E-state index >= 15 is 0 Å². The smallest absolute Gasteiger partial charge is 0.237 e. The van der Waals surface area contributed by atoms with E-state index < -0.39 is 6.04 Å². The summed E-state index contributed by atoms with van der Waals surface area (Å²) < 4.78 is 0. The van der Waals surface area contributed by atoms with E-state index in [4.69, 9.17) is 10.8 Å². The van der Waals surface area contributed by atoms with Crippen LogP contribution < -0.4 is 11.1 Å². The lowest BCUT2D eigenvalue weighted by molar-refractivity contribution is -0.123. The van der Waals surface area contributed by atoms with Crippen molar-refractivity contribution in [3.8, 4) is 0 Å². The maximum atomic E-state index is 11.6. The Morgan fingerprint density at radius 2 is 2.13 bits per heavy atom. The molecule has 0 aromatic heterocycles. The van der Waals surface area contributed by atoms with Crippen LogP contribution in [0.4, 0.5) is 0 Å². The Kier molecular flexibility index (Phi) is 7.82. The highest BCUT2D eigenvalue weighted by Gasteiger charge is 2.19. The first-order valence-corrected chi connectivity index (χ1v) is 6.58. The lowest BCUT2D eigenvalue weighted by Crippen LogP contribution is -2.48. The summed E-state index contributed by atoms with van der Waals surface area (Å²) in [6.07, 6.45) is 2.65. The Morgan fingerprint density at radius 3 is 2.53 bits per heavy atom. The molecule has 0 bridgehead atoms. The second-order valence-electron chi connectivity index (χ2n) is 3.93. The molecule has 0 rings (SSSR count). The van der Waals surface area contributed by atoms with E-state index in [1.165, 1.54) is 0 Å². The van der Waals surface area contributed by atoms with Crippen LogP contribution in [-0.2, 0) is 4.79 Å². The summed E-state index contributed by atoms with van der Waals surface area (Å²) in [5, 5.41) is 11.8. The molecule has 15 heavy (non-hydrogen) atoms. The predicted octanol–water partition coefficient (Wildman–Crippen LogP) is 0.200. The van der Waals surface area contributed by atoms with Crippen molar-refractivity contribution in [3.63, 3.8) is 0 Å². The highest BCUT2D eigenvalue weighted by atomic mass is 32.2. The van der Waals surface area contributed by atoms with Gasteiger partial charge in [-0.3, -0.25) is 4.79 Å². The summed E-state index contributed by atoms with van der Waals surface area (Å²) in [6, 6.07) is -0.664. The molecule has 0 saturated carbocycles. The molecule has 0 spiro atoms. The number of hydrogen-bond acceptors (Lipinski definition) is 4. The van der Waals surface area contributed by atoms with E-state index in [0.29, 0.717) is 6.42 Å². The summed E-state index contributed by atoms with van der Waals surface area (Å²) >= 11 is 1.67. The quantitative estimate of drug-likeness (QED) is 0.588. The SMILES string of the molecule is CSCC[C@H](N)C(=O)NC(CO)C(C)C. The van der Waals surface area contributed by atoms with Gasteiger partial charge in [-0.05, 0) is 24.3 Å². The van der Waals surface area contributed by atoms with Crippen LogP contribution >= 0.6 is 11.8 Å². The molecule has 1 amide bonds. The Balaban J connectivity index is 3.98. The second kappa shape index (κ2) is 7.96. The number of carbonyl (C=O) groups excluding carboxylic acids is 1. The topological polar surface area (TPSA) is 75.4 Å². The molecule has 0 aliphatic rings. The van der Waals surface area contributed by atoms with Crippen LogP contribution in [-0.4, -0.2) is 41.7 Å². The molecule has 0 aromatic carbocycles. The van der Waals surface area contributed by atoms with Crippen LogP contribution in [0, 0.1) is 5.92 Å². The fourth-order valence-corrected chi connectivity index (χ4v) is 1.58. The molecule has 0 radical (unpaired) electrons. The molecule has 1 unspecified atom stereocenters. The fraction of sp³-hybridized carbons (Fsp3) is 0.900. The normalized spacial score (nSPS) is 15.1. The van der Waals surface area contributed by atoms with Crippen molar-refractivity contribution in [2.24, 2.45) is 11.7 Å². The molecule has 0 aliphatic heterocycles. The largest absolute Gasteiger partial charge is 0.394 e. The van der Waals surface area contributed by atoms with E-state index in [1.807, 2.05) is 20.1 Å². The standard InChI is InChI=1S/C10H22N2O2S/c1-7(2)9(6-13)12-10(14)8(11)4-5-15-3/h7-9,13H,4-6,11H2,1-3H3,(H,12,14)/t8-,9?/m0/s1. The molecular formula is C10H22N2O2S. The highest BCUT2D eigenvalue weighted by Crippen LogP contribution is 2.03. The summed E-state index contributed by atoms with van der Waals surface area (Å²) in [5.41, 5.74) is 5.70. The van der Waals surface area contributed by atoms with Crippen LogP contribution in [0.25, 0.3) is 0 Å². The summed E-state index contributed by atoms with van der Waals surface area (Å²) in [7, 11) is 0. The summed E-state index contributed by atoms with van der Waals surface area (Å²) in [6.45, 7) is 3.86. The van der Waals surface area contributed by atoms with Gasteiger partial charge in [0.1, 0.15) is 0 Å². The minimum Gasteiger partial charge on any atom is -0.394 e. The first-order chi connectivity index (χ1) is 7.02. The van der Waals surface area contributed by atoms with Gasteiger partial charge in [0, 0.05) is 0 Å². The first-order valence-electron chi connectivity index (χ1n) is 5.18. The molecule has 4 N–H and O–H groups in total. The van der Waals surface area contributed by atoms with Gasteiger partial charge in [0.25, 0.3) is 0 Å². The van der Waals surface area contributed by atoms with Gasteiger partial charge < -0.3 is 16.2 Å². The number of carbonyl (C=O) groups is 1. The maximum absolute atomic E-state index is 11.6. The molecule has 0 fully saturated rings. The number of amides is 1. The van der Waals surface area contributed by atoms with Crippen LogP contribution in [0.3, 0.4) is 0 Å². The highest BCUT2D eigenvalue weighted by molar-refractivity contribution is 7.98. The van der Waals surface area contributed by atoms with Crippen molar-refractivity contribution in [2.45, 2.75) is 32.4 Å². The van der Waals surface area contributed by atoms with Crippen LogP contribution in [0.2, 0.25) is 0 Å². The molecule has 0 aromatic rings. The van der Waals surface area contributed by atoms with Crippen LogP contribution in [0.15, 0.2) is 0 Å². The van der Waals surface area contributed by atoms with Crippen molar-refractivity contribution < 1.29 is 9.90 Å². The average Bonchev–Trinajstić information content (AvgIpc) is 2.21. The molecule has 0 heterocycles. The number of hydrogen-bond donors (Lipinski definition) is 3. The Hall–Kier alpha value is -0.260. The van der Waals surface area contributed by atoms with Crippen molar-refractivity contribution in [2.75, 3.05) is 18.6 Å². The van der Waals surface area contributed by atoms with Gasteiger partial charge in [-0.25, -0.2) is 0 Å². The average molecular weight is 234 g/mol. The molecule has 2 atom stereocenters. The molecule has 0 aliphatic carbocycles. The predicted molar refractivity (Wildman–Crippen MR) is 64.8 cm³/mol. The number of aliphatic hydroxyl groups is 1. The fourth-order valence-electron chi connectivity index (χ4n) is 1.09. The zero-order valence-electron chi connectivity index (χ0n) is 9.69. The number of rotatable bonds is 7. The minimum absolute atomic E-state index is 0.0430. The molecule has 90 valence electrons. The van der Waals surface area contributed by atoms with E-state index in [-0.39, 0.29) is 24.5 Å². The minimum atomic E-state index is -0.467. The van der Waals surface area contributed by atoms with E-state index in [1.54, 1.807) is 11.8 Å². The number of aliphatic hydroxyl groups excluding tert-OH is 1. The van der Waals surface area contributed by atoms with Crippen molar-refractivity contribution in [1.29, 1.82) is 0 Å². The van der Waals surface area contributed by atoms with Gasteiger partial charge in [0.15, 0.2) is 0 Å². The van der Waals surface area contributed by atoms with Gasteiger partial charge in [0.05, 0.1) is 18.7 Å². The third kappa shape index (κ3) is 6.02. The van der Waals surface area contributed by atoms with Gasteiger partial charge in [-0.15, -0.1) is 0 Å². The molecule has 5 heteroatoms. The van der Waals surface area contributed by atoms with E-state index in [0.717, 1.165) is 5.75 Å². The number of nitrogens with one attached hydrogen (secondary N) is 1. The maximum Gasteiger partial charge on any atom is 0.237 e. The van der Waals surface area contributed by atoms with Crippen molar-refractivity contribution in [3.05, 3.63) is 0 Å². The van der Waals surface area contributed by atoms with E-state index in [9.17, 15) is 4.79 Å². The zero-order valence-corrected chi connectivity index (χ0v) is 10.5. The Labute approximate surface area is 96.0 Å². The third-order valence-corrected chi connectivity index (χ3v) is 2.94. The lowest BCUT2D eigenvalue weighted by atomic mass is 10.0. The van der Waals surface area contributed by atoms with E-state index in [2.05, 4.69) is 5.32 Å². The number of nitrogens with two attached hydrogens (primary N) is 1. The molecular weight excluding hydrogens is 212 g/mol. The van der Waals surface area contributed by atoms with Gasteiger partial charge in [-0.1, -0.05) is 13.8 Å². The van der Waals surface area contributed by atoms with Gasteiger partial charge in [-0.2, -0.15) is 11.8 Å². The van der Waals surface area contributed by atoms with Crippen molar-refractivity contribution >= 4 is 17.7 Å². The first kappa shape index (κ1) is 14.7. The molecule has 0 saturated heterocycles. The lowest BCUT2D eigenvalue weighted by Gasteiger charge is -2.22. The van der Waals surface area contributed by atoms with Crippen molar-refractivity contribution in [1.82, 2.24) is 5.32 Å². The monoisotopic (exact) mass is 234 g/mol. The van der Waals surface area contributed by atoms with Crippen LogP contribution in [0.1, 0.15) is 20.3 Å². The third-order valence-electron chi connectivity index (χ3n) is 2.30. The second-order valence-corrected chi connectivity index (χ2v) is 4.92. The Morgan fingerprint density at radius 1 is 1.53 bits per heavy atom. The Bertz CT molecular complexity index is 188.